The van der Waals surface area contributed by atoms with Gasteiger partial charge in [0.05, 0.1) is 7.11 Å². The van der Waals surface area contributed by atoms with Crippen molar-refractivity contribution in [2.24, 2.45) is 0 Å². The molecule has 1 aromatic carbocycles. The Morgan fingerprint density at radius 2 is 2.15 bits per heavy atom. The van der Waals surface area contributed by atoms with Gasteiger partial charge in [0.15, 0.2) is 0 Å². The number of amides is 3. The molecular formula is C15H16N2O3. The summed E-state index contributed by atoms with van der Waals surface area (Å²) in [6, 6.07) is 5.12. The first-order valence-electron chi connectivity index (χ1n) is 6.17. The van der Waals surface area contributed by atoms with E-state index >= 15 is 0 Å². The summed E-state index contributed by atoms with van der Waals surface area (Å²) in [6.07, 6.45) is 3.16. The maximum atomic E-state index is 12.0. The maximum absolute atomic E-state index is 12.0. The van der Waals surface area contributed by atoms with Crippen molar-refractivity contribution in [3.8, 4) is 5.75 Å². The molecule has 0 aromatic heterocycles. The van der Waals surface area contributed by atoms with Crippen LogP contribution in [0.5, 0.6) is 5.75 Å². The van der Waals surface area contributed by atoms with E-state index in [1.165, 1.54) is 6.08 Å². The SMILES string of the molecule is C=CCN1C(=O)NC(=Cc2ccc(OC)c(C)c2)C1=O. The predicted molar refractivity (Wildman–Crippen MR) is 76.1 cm³/mol. The molecule has 104 valence electrons. The van der Waals surface area contributed by atoms with E-state index in [1.807, 2.05) is 25.1 Å². The number of imide groups is 1. The van der Waals surface area contributed by atoms with Gasteiger partial charge in [0.2, 0.25) is 0 Å². The lowest BCUT2D eigenvalue weighted by Gasteiger charge is -2.07. The van der Waals surface area contributed by atoms with Crippen LogP contribution in [0.4, 0.5) is 4.79 Å². The lowest BCUT2D eigenvalue weighted by atomic mass is 10.1. The number of urea groups is 1. The van der Waals surface area contributed by atoms with Gasteiger partial charge in [-0.25, -0.2) is 4.79 Å². The molecule has 0 spiro atoms. The largest absolute Gasteiger partial charge is 0.496 e. The number of rotatable bonds is 4. The Labute approximate surface area is 117 Å². The van der Waals surface area contributed by atoms with E-state index < -0.39 is 6.03 Å². The van der Waals surface area contributed by atoms with Crippen molar-refractivity contribution in [1.29, 1.82) is 0 Å². The molecule has 1 aliphatic heterocycles. The molecule has 1 heterocycles. The smallest absolute Gasteiger partial charge is 0.329 e. The van der Waals surface area contributed by atoms with Crippen molar-refractivity contribution in [3.63, 3.8) is 0 Å². The van der Waals surface area contributed by atoms with Crippen LogP contribution >= 0.6 is 0 Å². The van der Waals surface area contributed by atoms with Gasteiger partial charge in [-0.2, -0.15) is 0 Å². The number of hydrogen-bond donors (Lipinski definition) is 1. The van der Waals surface area contributed by atoms with Gasteiger partial charge >= 0.3 is 6.03 Å². The Morgan fingerprint density at radius 1 is 1.40 bits per heavy atom. The van der Waals surface area contributed by atoms with Crippen LogP contribution in [0.1, 0.15) is 11.1 Å². The Bertz CT molecular complexity index is 605. The summed E-state index contributed by atoms with van der Waals surface area (Å²) in [6.45, 7) is 5.64. The van der Waals surface area contributed by atoms with Gasteiger partial charge in [0, 0.05) is 6.54 Å². The quantitative estimate of drug-likeness (QED) is 0.518. The van der Waals surface area contributed by atoms with Crippen molar-refractivity contribution >= 4 is 18.0 Å². The second-order valence-electron chi connectivity index (χ2n) is 4.42. The molecule has 1 aliphatic rings. The van der Waals surface area contributed by atoms with Crippen LogP contribution < -0.4 is 10.1 Å². The van der Waals surface area contributed by atoms with Crippen LogP contribution in [0.3, 0.4) is 0 Å². The minimum absolute atomic E-state index is 0.198. The standard InChI is InChI=1S/C15H16N2O3/c1-4-7-17-14(18)12(16-15(17)19)9-11-5-6-13(20-3)10(2)8-11/h4-6,8-9H,1,7H2,2-3H3,(H,16,19). The van der Waals surface area contributed by atoms with E-state index in [0.29, 0.717) is 0 Å². The summed E-state index contributed by atoms with van der Waals surface area (Å²) in [5.41, 5.74) is 2.05. The third-order valence-electron chi connectivity index (χ3n) is 3.00. The summed E-state index contributed by atoms with van der Waals surface area (Å²) < 4.78 is 5.18. The molecule has 0 aliphatic carbocycles. The Kier molecular flexibility index (Phi) is 3.89. The third kappa shape index (κ3) is 2.56. The molecule has 0 atom stereocenters. The summed E-state index contributed by atoms with van der Waals surface area (Å²) in [4.78, 5) is 24.8. The molecule has 0 unspecified atom stereocenters. The highest BCUT2D eigenvalue weighted by atomic mass is 16.5. The van der Waals surface area contributed by atoms with Crippen molar-refractivity contribution < 1.29 is 14.3 Å². The molecular weight excluding hydrogens is 256 g/mol. The first-order valence-corrected chi connectivity index (χ1v) is 6.17. The molecule has 3 amide bonds. The van der Waals surface area contributed by atoms with Crippen LogP contribution in [0, 0.1) is 6.92 Å². The zero-order valence-electron chi connectivity index (χ0n) is 11.5. The zero-order chi connectivity index (χ0) is 14.7. The van der Waals surface area contributed by atoms with Crippen LogP contribution in [0.15, 0.2) is 36.6 Å². The van der Waals surface area contributed by atoms with E-state index in [9.17, 15) is 9.59 Å². The fourth-order valence-electron chi connectivity index (χ4n) is 2.02. The fraction of sp³-hybridized carbons (Fsp3) is 0.200. The fourth-order valence-corrected chi connectivity index (χ4v) is 2.02. The van der Waals surface area contributed by atoms with E-state index in [2.05, 4.69) is 11.9 Å². The van der Waals surface area contributed by atoms with E-state index in [1.54, 1.807) is 13.2 Å². The molecule has 0 saturated carbocycles. The van der Waals surface area contributed by atoms with Gasteiger partial charge in [-0.15, -0.1) is 6.58 Å². The number of hydrogen-bond acceptors (Lipinski definition) is 3. The van der Waals surface area contributed by atoms with E-state index in [-0.39, 0.29) is 18.1 Å². The highest BCUT2D eigenvalue weighted by Gasteiger charge is 2.32. The lowest BCUT2D eigenvalue weighted by Crippen LogP contribution is -2.30. The molecule has 0 bridgehead atoms. The predicted octanol–water partition coefficient (Wildman–Crippen LogP) is 2.08. The number of carbonyl (C=O) groups is 2. The van der Waals surface area contributed by atoms with Crippen LogP contribution in [-0.2, 0) is 4.79 Å². The van der Waals surface area contributed by atoms with Gasteiger partial charge in [-0.3, -0.25) is 9.69 Å². The molecule has 5 nitrogen and oxygen atoms in total. The van der Waals surface area contributed by atoms with Crippen molar-refractivity contribution in [3.05, 3.63) is 47.7 Å². The van der Waals surface area contributed by atoms with Crippen molar-refractivity contribution in [2.45, 2.75) is 6.92 Å². The minimum atomic E-state index is -0.425. The summed E-state index contributed by atoms with van der Waals surface area (Å²) >= 11 is 0. The Hall–Kier alpha value is -2.56. The monoisotopic (exact) mass is 272 g/mol. The van der Waals surface area contributed by atoms with Crippen molar-refractivity contribution in [2.75, 3.05) is 13.7 Å². The minimum Gasteiger partial charge on any atom is -0.496 e. The van der Waals surface area contributed by atoms with Crippen LogP contribution in [-0.4, -0.2) is 30.5 Å². The number of methoxy groups -OCH3 is 1. The average molecular weight is 272 g/mol. The second-order valence-corrected chi connectivity index (χ2v) is 4.42. The van der Waals surface area contributed by atoms with Gasteiger partial charge in [-0.1, -0.05) is 12.1 Å². The average Bonchev–Trinajstić information content (AvgIpc) is 2.67. The van der Waals surface area contributed by atoms with Crippen LogP contribution in [0.25, 0.3) is 6.08 Å². The molecule has 5 heteroatoms. The van der Waals surface area contributed by atoms with Gasteiger partial charge < -0.3 is 10.1 Å². The first kappa shape index (κ1) is 13.9. The normalized spacial score (nSPS) is 16.5. The zero-order valence-corrected chi connectivity index (χ0v) is 11.5. The van der Waals surface area contributed by atoms with Gasteiger partial charge in [-0.05, 0) is 36.3 Å². The molecule has 1 N–H and O–H groups in total. The number of ether oxygens (including phenoxy) is 1. The molecule has 0 radical (unpaired) electrons. The highest BCUT2D eigenvalue weighted by Crippen LogP contribution is 2.21. The first-order chi connectivity index (χ1) is 9.56. The van der Waals surface area contributed by atoms with Gasteiger partial charge in [0.1, 0.15) is 11.4 Å². The topological polar surface area (TPSA) is 58.6 Å². The number of nitrogens with one attached hydrogen (secondary N) is 1. The number of carbonyl (C=O) groups excluding carboxylic acids is 2. The number of aryl methyl sites for hydroxylation is 1. The molecule has 1 saturated heterocycles. The van der Waals surface area contributed by atoms with E-state index in [0.717, 1.165) is 21.8 Å². The maximum Gasteiger partial charge on any atom is 0.329 e. The van der Waals surface area contributed by atoms with Crippen molar-refractivity contribution in [1.82, 2.24) is 10.2 Å². The van der Waals surface area contributed by atoms with Gasteiger partial charge in [0.25, 0.3) is 5.91 Å². The molecule has 1 fully saturated rings. The Morgan fingerprint density at radius 3 is 2.75 bits per heavy atom. The third-order valence-corrected chi connectivity index (χ3v) is 3.00. The molecule has 2 rings (SSSR count). The lowest BCUT2D eigenvalue weighted by molar-refractivity contribution is -0.122. The number of nitrogens with zero attached hydrogens (tertiary/aromatic N) is 1. The summed E-state index contributed by atoms with van der Waals surface area (Å²) in [5.74, 6) is 0.436. The summed E-state index contributed by atoms with van der Waals surface area (Å²) in [7, 11) is 1.61. The molecule has 20 heavy (non-hydrogen) atoms. The number of benzene rings is 1. The molecule has 1 aromatic rings. The second kappa shape index (κ2) is 5.61. The summed E-state index contributed by atoms with van der Waals surface area (Å²) in [5, 5.41) is 2.55. The van der Waals surface area contributed by atoms with Crippen LogP contribution in [0.2, 0.25) is 0 Å². The van der Waals surface area contributed by atoms with E-state index in [4.69, 9.17) is 4.74 Å². The highest BCUT2D eigenvalue weighted by molar-refractivity contribution is 6.14. The Balaban J connectivity index is 2.28.